The van der Waals surface area contributed by atoms with Crippen molar-refractivity contribution in [2.45, 2.75) is 52.4 Å². The first-order valence-corrected chi connectivity index (χ1v) is 30.1. The van der Waals surface area contributed by atoms with Gasteiger partial charge in [0.05, 0.1) is 0 Å². The summed E-state index contributed by atoms with van der Waals surface area (Å²) in [4.78, 5) is 5.14. The van der Waals surface area contributed by atoms with E-state index in [1.807, 2.05) is 0 Å². The Kier molecular flexibility index (Phi) is 6.76. The van der Waals surface area contributed by atoms with Crippen molar-refractivity contribution in [1.82, 2.24) is 0 Å². The number of rotatable bonds is 2. The van der Waals surface area contributed by atoms with E-state index in [0.29, 0.717) is 0 Å². The number of anilines is 6. The number of benzene rings is 6. The highest BCUT2D eigenvalue weighted by atomic mass is 28.3. The van der Waals surface area contributed by atoms with Crippen molar-refractivity contribution in [3.8, 4) is 0 Å². The van der Waals surface area contributed by atoms with Gasteiger partial charge >= 0.3 is 0 Å². The van der Waals surface area contributed by atoms with Crippen LogP contribution >= 0.6 is 0 Å². The lowest BCUT2D eigenvalue weighted by molar-refractivity contribution is 1.29. The molecule has 0 atom stereocenters. The fourth-order valence-electron chi connectivity index (χ4n) is 9.65. The largest absolute Gasteiger partial charge is 0.311 e. The van der Waals surface area contributed by atoms with Crippen LogP contribution in [0.4, 0.5) is 34.1 Å². The minimum atomic E-state index is -2.13. The maximum atomic E-state index is 2.61. The highest BCUT2D eigenvalue weighted by Gasteiger charge is 2.46. The molecule has 0 saturated heterocycles. The summed E-state index contributed by atoms with van der Waals surface area (Å²) in [5, 5.41) is 12.5. The molecule has 9 rings (SSSR count). The Labute approximate surface area is 302 Å². The van der Waals surface area contributed by atoms with Crippen molar-refractivity contribution in [2.75, 3.05) is 9.80 Å². The van der Waals surface area contributed by atoms with E-state index in [-0.39, 0.29) is 0 Å². The van der Waals surface area contributed by atoms with E-state index >= 15 is 0 Å². The normalized spacial score (nSPS) is 18.2. The Bertz CT molecular complexity index is 2110. The zero-order valence-corrected chi connectivity index (χ0v) is 34.6. The predicted molar refractivity (Wildman–Crippen MR) is 229 cm³/mol. The molecule has 6 aromatic rings. The van der Waals surface area contributed by atoms with Gasteiger partial charge in [-0.1, -0.05) is 158 Å². The maximum absolute atomic E-state index is 2.61. The second-order valence-electron chi connectivity index (χ2n) is 16.7. The van der Waals surface area contributed by atoms with Crippen LogP contribution in [0.15, 0.2) is 133 Å². The van der Waals surface area contributed by atoms with Gasteiger partial charge in [-0.15, -0.1) is 0 Å². The fourth-order valence-corrected chi connectivity index (χ4v) is 25.0. The molecule has 248 valence electrons. The molecule has 0 saturated carbocycles. The summed E-state index contributed by atoms with van der Waals surface area (Å²) in [7, 11) is -7.81. The first-order chi connectivity index (χ1) is 23.8. The summed E-state index contributed by atoms with van der Waals surface area (Å²) in [6, 6.07) is 51.8. The van der Waals surface area contributed by atoms with E-state index < -0.39 is 32.3 Å². The quantitative estimate of drug-likeness (QED) is 0.181. The standard InChI is InChI=1S/C44H46N2Si4/c1-47(2)37-21-13-9-17-33(37)45(34-18-10-14-22-38(34)47)31-25-27-41-43(29-31)50(7,8)44-30-32(26-28-42(44)49(41,5)6)46-35-19-11-15-23-39(35)48(3,4)40-24-16-12-20-36(40)46/h9-30H,1-8H3. The second kappa shape index (κ2) is 10.7. The van der Waals surface area contributed by atoms with Crippen molar-refractivity contribution in [3.63, 3.8) is 0 Å². The van der Waals surface area contributed by atoms with Crippen LogP contribution in [0.5, 0.6) is 0 Å². The molecule has 2 nitrogen and oxygen atoms in total. The molecule has 0 aliphatic carbocycles. The van der Waals surface area contributed by atoms with Crippen LogP contribution in [-0.2, 0) is 0 Å². The van der Waals surface area contributed by atoms with E-state index in [9.17, 15) is 0 Å². The van der Waals surface area contributed by atoms with Crippen LogP contribution in [0.2, 0.25) is 52.4 Å². The van der Waals surface area contributed by atoms with Crippen LogP contribution in [0, 0.1) is 0 Å². The third kappa shape index (κ3) is 4.22. The predicted octanol–water partition coefficient (Wildman–Crippen LogP) is 6.86. The van der Waals surface area contributed by atoms with Crippen molar-refractivity contribution in [2.24, 2.45) is 0 Å². The molecular weight excluding hydrogens is 669 g/mol. The summed E-state index contributed by atoms with van der Waals surface area (Å²) in [5.74, 6) is 0. The van der Waals surface area contributed by atoms with Gasteiger partial charge in [-0.3, -0.25) is 0 Å². The van der Waals surface area contributed by atoms with E-state index in [1.165, 1.54) is 54.9 Å². The highest BCUT2D eigenvalue weighted by molar-refractivity contribution is 7.16. The number of hydrogen-bond acceptors (Lipinski definition) is 2. The SMILES string of the molecule is C[Si]1(C)c2ccccc2N(c2ccc3c(c2)[Si](C)(C)c2cc(N4c5ccccc5[Si](C)(C)c5ccccc54)ccc2[Si]3(C)C)c2ccccc21. The topological polar surface area (TPSA) is 6.48 Å². The summed E-state index contributed by atoms with van der Waals surface area (Å²) in [6.45, 7) is 20.4. The molecular formula is C44H46N2Si4. The zero-order valence-electron chi connectivity index (χ0n) is 30.6. The molecule has 0 amide bonds. The fraction of sp³-hybridized carbons (Fsp3) is 0.182. The molecule has 0 unspecified atom stereocenters. The van der Waals surface area contributed by atoms with Gasteiger partial charge in [-0.2, -0.15) is 0 Å². The second-order valence-corrected chi connectivity index (χ2v) is 34.0. The van der Waals surface area contributed by atoms with Gasteiger partial charge in [-0.05, 0) is 69.3 Å². The minimum Gasteiger partial charge on any atom is -0.311 e. The number of para-hydroxylation sites is 4. The van der Waals surface area contributed by atoms with Gasteiger partial charge in [0.25, 0.3) is 0 Å². The third-order valence-corrected chi connectivity index (χ3v) is 27.2. The molecule has 0 bridgehead atoms. The molecule has 0 radical (unpaired) electrons. The lowest BCUT2D eigenvalue weighted by atomic mass is 10.1. The Morgan fingerprint density at radius 3 is 0.860 bits per heavy atom. The number of hydrogen-bond donors (Lipinski definition) is 0. The van der Waals surface area contributed by atoms with Gasteiger partial charge < -0.3 is 9.80 Å². The average Bonchev–Trinajstić information content (AvgIpc) is 3.11. The van der Waals surface area contributed by atoms with Crippen LogP contribution in [-0.4, -0.2) is 32.3 Å². The van der Waals surface area contributed by atoms with E-state index in [2.05, 4.69) is 196 Å². The van der Waals surface area contributed by atoms with Crippen molar-refractivity contribution < 1.29 is 0 Å². The first kappa shape index (κ1) is 31.7. The lowest BCUT2D eigenvalue weighted by Gasteiger charge is -2.45. The smallest absolute Gasteiger partial charge is 0.117 e. The van der Waals surface area contributed by atoms with Crippen molar-refractivity contribution in [3.05, 3.63) is 133 Å². The molecule has 3 aliphatic heterocycles. The highest BCUT2D eigenvalue weighted by Crippen LogP contribution is 2.40. The van der Waals surface area contributed by atoms with Crippen LogP contribution in [0.3, 0.4) is 0 Å². The molecule has 0 fully saturated rings. The third-order valence-electron chi connectivity index (χ3n) is 12.5. The maximum Gasteiger partial charge on any atom is 0.117 e. The molecule has 0 aromatic heterocycles. The van der Waals surface area contributed by atoms with E-state index in [1.54, 1.807) is 20.7 Å². The zero-order chi connectivity index (χ0) is 34.8. The first-order valence-electron chi connectivity index (χ1n) is 18.1. The number of nitrogens with zero attached hydrogens (tertiary/aromatic N) is 2. The Morgan fingerprint density at radius 1 is 0.280 bits per heavy atom. The molecule has 0 N–H and O–H groups in total. The van der Waals surface area contributed by atoms with Gasteiger partial charge in [0.2, 0.25) is 0 Å². The Morgan fingerprint density at radius 2 is 0.540 bits per heavy atom. The van der Waals surface area contributed by atoms with E-state index in [0.717, 1.165) is 0 Å². The van der Waals surface area contributed by atoms with Crippen LogP contribution in [0.1, 0.15) is 0 Å². The molecule has 3 aliphatic rings. The summed E-state index contributed by atoms with van der Waals surface area (Å²) < 4.78 is 0. The molecule has 0 spiro atoms. The monoisotopic (exact) mass is 714 g/mol. The van der Waals surface area contributed by atoms with Gasteiger partial charge in [0, 0.05) is 34.1 Å². The minimum absolute atomic E-state index is 1.30. The lowest BCUT2D eigenvalue weighted by Crippen LogP contribution is -2.78. The summed E-state index contributed by atoms with van der Waals surface area (Å²) in [6.07, 6.45) is 0. The number of fused-ring (bicyclic) bond motifs is 6. The Balaban J connectivity index is 1.22. The molecule has 6 heteroatoms. The Hall–Kier alpha value is -4.21. The van der Waals surface area contributed by atoms with Crippen molar-refractivity contribution >= 4 is 108 Å². The van der Waals surface area contributed by atoms with E-state index in [4.69, 9.17) is 0 Å². The van der Waals surface area contributed by atoms with Gasteiger partial charge in [0.15, 0.2) is 0 Å². The molecule has 6 aromatic carbocycles. The molecule has 50 heavy (non-hydrogen) atoms. The van der Waals surface area contributed by atoms with Crippen LogP contribution < -0.4 is 51.3 Å². The van der Waals surface area contributed by atoms with Gasteiger partial charge in [-0.25, -0.2) is 0 Å². The summed E-state index contributed by atoms with van der Waals surface area (Å²) >= 11 is 0. The summed E-state index contributed by atoms with van der Waals surface area (Å²) in [5.41, 5.74) is 8.00. The average molecular weight is 715 g/mol. The van der Waals surface area contributed by atoms with Gasteiger partial charge in [0.1, 0.15) is 32.3 Å². The molecule has 3 heterocycles. The van der Waals surface area contributed by atoms with Crippen LogP contribution in [0.25, 0.3) is 0 Å². The van der Waals surface area contributed by atoms with Crippen molar-refractivity contribution in [1.29, 1.82) is 0 Å².